The predicted octanol–water partition coefficient (Wildman–Crippen LogP) is 2.62. The zero-order chi connectivity index (χ0) is 14.6. The zero-order valence-electron chi connectivity index (χ0n) is 10.5. The minimum Gasteiger partial charge on any atom is -0.338 e. The zero-order valence-corrected chi connectivity index (χ0v) is 11.2. The number of benzene rings is 1. The van der Waals surface area contributed by atoms with Crippen molar-refractivity contribution in [3.8, 4) is 6.07 Å². The molecule has 0 saturated carbocycles. The molecule has 1 unspecified atom stereocenters. The van der Waals surface area contributed by atoms with Crippen LogP contribution in [0.2, 0.25) is 5.02 Å². The summed E-state index contributed by atoms with van der Waals surface area (Å²) in [6.07, 6.45) is 0.156. The van der Waals surface area contributed by atoms with Crippen LogP contribution in [0.25, 0.3) is 0 Å². The van der Waals surface area contributed by atoms with Gasteiger partial charge in [-0.15, -0.1) is 0 Å². The molecule has 6 nitrogen and oxygen atoms in total. The van der Waals surface area contributed by atoms with Crippen molar-refractivity contribution >= 4 is 23.2 Å². The van der Waals surface area contributed by atoms with Crippen LogP contribution >= 0.6 is 11.6 Å². The van der Waals surface area contributed by atoms with Gasteiger partial charge in [0.05, 0.1) is 17.4 Å². The molecule has 0 bridgehead atoms. The van der Waals surface area contributed by atoms with E-state index in [0.29, 0.717) is 0 Å². The average molecular weight is 282 g/mol. The highest BCUT2D eigenvalue weighted by molar-refractivity contribution is 6.31. The largest absolute Gasteiger partial charge is 0.338 e. The molecule has 0 N–H and O–H groups in total. The van der Waals surface area contributed by atoms with Crippen molar-refractivity contribution in [3.63, 3.8) is 0 Å². The molecular weight excluding hydrogens is 270 g/mol. The lowest BCUT2D eigenvalue weighted by atomic mass is 10.1. The maximum absolute atomic E-state index is 12.2. The fourth-order valence-electron chi connectivity index (χ4n) is 1.50. The Morgan fingerprint density at radius 3 is 2.79 bits per heavy atom. The Morgan fingerprint density at radius 2 is 2.26 bits per heavy atom. The van der Waals surface area contributed by atoms with Crippen LogP contribution in [0.5, 0.6) is 0 Å². The van der Waals surface area contributed by atoms with Crippen molar-refractivity contribution in [2.75, 3.05) is 7.05 Å². The van der Waals surface area contributed by atoms with Gasteiger partial charge in [0.25, 0.3) is 11.6 Å². The van der Waals surface area contributed by atoms with Crippen LogP contribution in [-0.4, -0.2) is 28.8 Å². The lowest BCUT2D eigenvalue weighted by molar-refractivity contribution is -0.385. The van der Waals surface area contributed by atoms with Crippen molar-refractivity contribution in [2.24, 2.45) is 0 Å². The molecule has 7 heteroatoms. The first-order valence-corrected chi connectivity index (χ1v) is 5.84. The molecule has 0 fully saturated rings. The Kier molecular flexibility index (Phi) is 4.84. The maximum Gasteiger partial charge on any atom is 0.283 e. The van der Waals surface area contributed by atoms with Crippen LogP contribution in [0, 0.1) is 21.4 Å². The van der Waals surface area contributed by atoms with E-state index in [0.717, 1.165) is 6.07 Å². The van der Waals surface area contributed by atoms with Gasteiger partial charge in [-0.05, 0) is 19.1 Å². The van der Waals surface area contributed by atoms with Crippen molar-refractivity contribution in [3.05, 3.63) is 38.9 Å². The third-order valence-electron chi connectivity index (χ3n) is 2.76. The van der Waals surface area contributed by atoms with E-state index in [-0.39, 0.29) is 28.7 Å². The van der Waals surface area contributed by atoms with E-state index in [9.17, 15) is 14.9 Å². The standard InChI is InChI=1S/C12H12ClN3O3/c1-8(5-6-14)15(2)12(17)10-4-3-9(13)7-11(10)16(18)19/h3-4,7-8H,5H2,1-2H3. The van der Waals surface area contributed by atoms with Crippen LogP contribution in [-0.2, 0) is 0 Å². The second-order valence-corrected chi connectivity index (χ2v) is 4.48. The highest BCUT2D eigenvalue weighted by atomic mass is 35.5. The summed E-state index contributed by atoms with van der Waals surface area (Å²) in [5.74, 6) is -0.508. The number of hydrogen-bond acceptors (Lipinski definition) is 4. The number of nitrogens with zero attached hydrogens (tertiary/aromatic N) is 3. The Bertz CT molecular complexity index is 554. The molecular formula is C12H12ClN3O3. The molecule has 0 heterocycles. The summed E-state index contributed by atoms with van der Waals surface area (Å²) in [6.45, 7) is 1.70. The summed E-state index contributed by atoms with van der Waals surface area (Å²) in [4.78, 5) is 23.7. The molecule has 0 aliphatic heterocycles. The van der Waals surface area contributed by atoms with E-state index in [1.807, 2.05) is 6.07 Å². The van der Waals surface area contributed by atoms with Crippen LogP contribution in [0.4, 0.5) is 5.69 Å². The van der Waals surface area contributed by atoms with Crippen molar-refractivity contribution in [1.82, 2.24) is 4.90 Å². The second-order valence-electron chi connectivity index (χ2n) is 4.05. The molecule has 0 spiro atoms. The first-order valence-electron chi connectivity index (χ1n) is 5.46. The van der Waals surface area contributed by atoms with E-state index < -0.39 is 10.8 Å². The number of nitro groups is 1. The third-order valence-corrected chi connectivity index (χ3v) is 2.99. The number of carbonyl (C=O) groups is 1. The summed E-state index contributed by atoms with van der Waals surface area (Å²) in [7, 11) is 1.50. The Balaban J connectivity index is 3.13. The first-order chi connectivity index (χ1) is 8.88. The summed E-state index contributed by atoms with van der Waals surface area (Å²) < 4.78 is 0. The maximum atomic E-state index is 12.2. The SMILES string of the molecule is CC(CC#N)N(C)C(=O)c1ccc(Cl)cc1[N+](=O)[O-]. The van der Waals surface area contributed by atoms with E-state index in [4.69, 9.17) is 16.9 Å². The van der Waals surface area contributed by atoms with Gasteiger partial charge in [-0.1, -0.05) is 11.6 Å². The molecule has 1 aromatic rings. The number of halogens is 1. The van der Waals surface area contributed by atoms with Gasteiger partial charge in [-0.3, -0.25) is 14.9 Å². The summed E-state index contributed by atoms with van der Waals surface area (Å²) in [6, 6.07) is 5.50. The highest BCUT2D eigenvalue weighted by Gasteiger charge is 2.25. The third kappa shape index (κ3) is 3.42. The van der Waals surface area contributed by atoms with Gasteiger partial charge in [0.1, 0.15) is 5.56 Å². The molecule has 100 valence electrons. The normalized spacial score (nSPS) is 11.5. The van der Waals surface area contributed by atoms with Crippen molar-refractivity contribution in [1.29, 1.82) is 5.26 Å². The topological polar surface area (TPSA) is 87.2 Å². The Hall–Kier alpha value is -2.13. The summed E-state index contributed by atoms with van der Waals surface area (Å²) >= 11 is 5.69. The summed E-state index contributed by atoms with van der Waals surface area (Å²) in [5.41, 5.74) is -0.379. The predicted molar refractivity (Wildman–Crippen MR) is 69.9 cm³/mol. The van der Waals surface area contributed by atoms with E-state index in [2.05, 4.69) is 0 Å². The number of amides is 1. The molecule has 0 aliphatic carbocycles. The van der Waals surface area contributed by atoms with Crippen molar-refractivity contribution < 1.29 is 9.72 Å². The Labute approximate surface area is 115 Å². The molecule has 0 aromatic heterocycles. The van der Waals surface area contributed by atoms with Gasteiger partial charge in [0, 0.05) is 24.2 Å². The molecule has 0 saturated heterocycles. The van der Waals surface area contributed by atoms with Gasteiger partial charge in [-0.2, -0.15) is 5.26 Å². The second kappa shape index (κ2) is 6.16. The number of hydrogen-bond donors (Lipinski definition) is 0. The number of nitriles is 1. The van der Waals surface area contributed by atoms with E-state index in [1.54, 1.807) is 6.92 Å². The fourth-order valence-corrected chi connectivity index (χ4v) is 1.66. The molecule has 1 atom stereocenters. The quantitative estimate of drug-likeness (QED) is 0.627. The van der Waals surface area contributed by atoms with Crippen LogP contribution in [0.15, 0.2) is 18.2 Å². The average Bonchev–Trinajstić information content (AvgIpc) is 2.37. The molecule has 19 heavy (non-hydrogen) atoms. The first kappa shape index (κ1) is 14.9. The lowest BCUT2D eigenvalue weighted by Gasteiger charge is -2.22. The molecule has 1 rings (SSSR count). The van der Waals surface area contributed by atoms with Gasteiger partial charge in [0.15, 0.2) is 0 Å². The minimum absolute atomic E-state index is 0.0401. The van der Waals surface area contributed by atoms with Crippen LogP contribution in [0.3, 0.4) is 0 Å². The minimum atomic E-state index is -0.651. The van der Waals surface area contributed by atoms with Crippen LogP contribution < -0.4 is 0 Å². The number of carbonyl (C=O) groups excluding carboxylic acids is 1. The smallest absolute Gasteiger partial charge is 0.283 e. The summed E-state index contributed by atoms with van der Waals surface area (Å²) in [5, 5.41) is 19.7. The van der Waals surface area contributed by atoms with Gasteiger partial charge >= 0.3 is 0 Å². The van der Waals surface area contributed by atoms with Gasteiger partial charge < -0.3 is 4.90 Å². The molecule has 0 aliphatic rings. The van der Waals surface area contributed by atoms with Gasteiger partial charge in [-0.25, -0.2) is 0 Å². The fraction of sp³-hybridized carbons (Fsp3) is 0.333. The van der Waals surface area contributed by atoms with Crippen LogP contribution in [0.1, 0.15) is 23.7 Å². The van der Waals surface area contributed by atoms with Crippen molar-refractivity contribution in [2.45, 2.75) is 19.4 Å². The Morgan fingerprint density at radius 1 is 1.63 bits per heavy atom. The van der Waals surface area contributed by atoms with Gasteiger partial charge in [0.2, 0.25) is 0 Å². The number of nitro benzene ring substituents is 1. The lowest BCUT2D eigenvalue weighted by Crippen LogP contribution is -2.35. The molecule has 1 aromatic carbocycles. The highest BCUT2D eigenvalue weighted by Crippen LogP contribution is 2.24. The molecule has 0 radical (unpaired) electrons. The van der Waals surface area contributed by atoms with E-state index in [1.165, 1.54) is 24.1 Å². The van der Waals surface area contributed by atoms with E-state index >= 15 is 0 Å². The monoisotopic (exact) mass is 281 g/mol. The molecule has 1 amide bonds. The number of rotatable bonds is 4.